The van der Waals surface area contributed by atoms with Crippen molar-refractivity contribution in [1.29, 1.82) is 0 Å². The minimum Gasteiger partial charge on any atom is -0.457 e. The van der Waals surface area contributed by atoms with Gasteiger partial charge in [0.05, 0.1) is 19.8 Å². The number of hydrogen-bond donors (Lipinski definition) is 2. The second-order valence-electron chi connectivity index (χ2n) is 7.25. The van der Waals surface area contributed by atoms with E-state index < -0.39 is 0 Å². The van der Waals surface area contributed by atoms with E-state index in [1.807, 2.05) is 54.6 Å². The Kier molecular flexibility index (Phi) is 9.69. The summed E-state index contributed by atoms with van der Waals surface area (Å²) in [4.78, 5) is 7.03. The molecule has 3 rings (SSSR count). The average molecular weight is 510 g/mol. The number of ether oxygens (including phenoxy) is 2. The minimum absolute atomic E-state index is 0. The zero-order valence-corrected chi connectivity index (χ0v) is 19.4. The lowest BCUT2D eigenvalue weighted by molar-refractivity contribution is 0.00870. The van der Waals surface area contributed by atoms with Gasteiger partial charge in [0, 0.05) is 30.9 Å². The summed E-state index contributed by atoms with van der Waals surface area (Å²) in [5.74, 6) is 2.46. The summed E-state index contributed by atoms with van der Waals surface area (Å²) in [5, 5.41) is 3.17. The summed E-state index contributed by atoms with van der Waals surface area (Å²) in [7, 11) is 0. The molecule has 2 aromatic carbocycles. The number of morpholine rings is 1. The number of aliphatic imine (C=N–C) groups is 1. The highest BCUT2D eigenvalue weighted by atomic mass is 127. The van der Waals surface area contributed by atoms with Crippen molar-refractivity contribution in [3.63, 3.8) is 0 Å². The van der Waals surface area contributed by atoms with Crippen LogP contribution in [0.3, 0.4) is 0 Å². The summed E-state index contributed by atoms with van der Waals surface area (Å²) in [5.41, 5.74) is 6.99. The van der Waals surface area contributed by atoms with Gasteiger partial charge in [-0.2, -0.15) is 0 Å². The van der Waals surface area contributed by atoms with E-state index in [0.29, 0.717) is 24.5 Å². The van der Waals surface area contributed by atoms with Crippen LogP contribution in [0.5, 0.6) is 11.5 Å². The van der Waals surface area contributed by atoms with Crippen molar-refractivity contribution in [2.24, 2.45) is 16.6 Å². The Morgan fingerprint density at radius 1 is 1.10 bits per heavy atom. The number of anilines is 1. The second kappa shape index (κ2) is 12.0. The molecule has 1 heterocycles. The van der Waals surface area contributed by atoms with Gasteiger partial charge in [0.15, 0.2) is 5.96 Å². The molecule has 1 unspecified atom stereocenters. The topological polar surface area (TPSA) is 72.1 Å². The fourth-order valence-electron chi connectivity index (χ4n) is 3.30. The normalized spacial score (nSPS) is 16.2. The van der Waals surface area contributed by atoms with Crippen LogP contribution in [-0.4, -0.2) is 49.7 Å². The fourth-order valence-corrected chi connectivity index (χ4v) is 3.30. The number of nitrogens with zero attached hydrogens (tertiary/aromatic N) is 2. The number of guanidine groups is 1. The lowest BCUT2D eigenvalue weighted by atomic mass is 10.0. The molecular formula is C22H31IN4O2. The van der Waals surface area contributed by atoms with Crippen molar-refractivity contribution in [2.45, 2.75) is 19.9 Å². The van der Waals surface area contributed by atoms with Crippen LogP contribution in [0.4, 0.5) is 5.69 Å². The number of halogens is 1. The molecule has 29 heavy (non-hydrogen) atoms. The van der Waals surface area contributed by atoms with Crippen LogP contribution in [0, 0.1) is 5.92 Å². The van der Waals surface area contributed by atoms with Crippen molar-refractivity contribution >= 4 is 35.6 Å². The largest absolute Gasteiger partial charge is 0.457 e. The Morgan fingerprint density at radius 2 is 1.79 bits per heavy atom. The Hall–Kier alpha value is -1.84. The number of para-hydroxylation sites is 1. The molecule has 158 valence electrons. The molecule has 0 aromatic heterocycles. The van der Waals surface area contributed by atoms with E-state index in [2.05, 4.69) is 29.1 Å². The van der Waals surface area contributed by atoms with Gasteiger partial charge in [-0.1, -0.05) is 38.1 Å². The number of nitrogens with one attached hydrogen (secondary N) is 1. The van der Waals surface area contributed by atoms with E-state index in [-0.39, 0.29) is 24.0 Å². The van der Waals surface area contributed by atoms with Crippen LogP contribution in [-0.2, 0) is 4.74 Å². The molecule has 0 aliphatic carbocycles. The van der Waals surface area contributed by atoms with Crippen molar-refractivity contribution in [1.82, 2.24) is 4.90 Å². The third kappa shape index (κ3) is 7.49. The zero-order chi connectivity index (χ0) is 19.8. The first-order valence-electron chi connectivity index (χ1n) is 9.83. The highest BCUT2D eigenvalue weighted by Crippen LogP contribution is 2.23. The highest BCUT2D eigenvalue weighted by molar-refractivity contribution is 14.0. The van der Waals surface area contributed by atoms with Crippen LogP contribution in [0.2, 0.25) is 0 Å². The van der Waals surface area contributed by atoms with Crippen LogP contribution >= 0.6 is 24.0 Å². The summed E-state index contributed by atoms with van der Waals surface area (Å²) < 4.78 is 11.3. The molecule has 0 bridgehead atoms. The monoisotopic (exact) mass is 510 g/mol. The third-order valence-electron chi connectivity index (χ3n) is 4.82. The van der Waals surface area contributed by atoms with Gasteiger partial charge < -0.3 is 20.5 Å². The first kappa shape index (κ1) is 23.4. The summed E-state index contributed by atoms with van der Waals surface area (Å²) in [6.07, 6.45) is 0. The Bertz CT molecular complexity index is 764. The molecular weight excluding hydrogens is 479 g/mol. The van der Waals surface area contributed by atoms with Gasteiger partial charge in [0.1, 0.15) is 11.5 Å². The summed E-state index contributed by atoms with van der Waals surface area (Å²) in [6.45, 7) is 8.59. The van der Waals surface area contributed by atoms with Crippen molar-refractivity contribution in [3.05, 3.63) is 54.6 Å². The zero-order valence-electron chi connectivity index (χ0n) is 17.1. The maximum Gasteiger partial charge on any atom is 0.193 e. The van der Waals surface area contributed by atoms with Gasteiger partial charge in [0.25, 0.3) is 0 Å². The Balaban J connectivity index is 0.00000300. The van der Waals surface area contributed by atoms with E-state index >= 15 is 0 Å². The number of rotatable bonds is 7. The number of nitrogens with two attached hydrogens (primary N) is 1. The Morgan fingerprint density at radius 3 is 2.48 bits per heavy atom. The van der Waals surface area contributed by atoms with Gasteiger partial charge in [-0.3, -0.25) is 9.89 Å². The number of benzene rings is 2. The quantitative estimate of drug-likeness (QED) is 0.332. The van der Waals surface area contributed by atoms with Crippen molar-refractivity contribution in [3.8, 4) is 11.5 Å². The molecule has 0 spiro atoms. The van der Waals surface area contributed by atoms with Gasteiger partial charge in [-0.05, 0) is 30.2 Å². The lowest BCUT2D eigenvalue weighted by Gasteiger charge is -2.36. The van der Waals surface area contributed by atoms with Crippen LogP contribution in [0.1, 0.15) is 13.8 Å². The Labute approximate surface area is 190 Å². The number of hydrogen-bond acceptors (Lipinski definition) is 4. The van der Waals surface area contributed by atoms with Gasteiger partial charge in [-0.15, -0.1) is 24.0 Å². The van der Waals surface area contributed by atoms with Crippen molar-refractivity contribution in [2.75, 3.05) is 38.2 Å². The molecule has 1 aliphatic heterocycles. The van der Waals surface area contributed by atoms with Gasteiger partial charge in [0.2, 0.25) is 0 Å². The van der Waals surface area contributed by atoms with Crippen LogP contribution in [0.25, 0.3) is 0 Å². The smallest absolute Gasteiger partial charge is 0.193 e. The van der Waals surface area contributed by atoms with E-state index in [0.717, 1.165) is 43.5 Å². The second-order valence-corrected chi connectivity index (χ2v) is 7.25. The first-order valence-corrected chi connectivity index (χ1v) is 9.83. The minimum atomic E-state index is 0. The molecule has 0 saturated carbocycles. The standard InChI is InChI=1S/C22H30N4O2.HI/c1-17(2)21(26-11-13-27-14-12-26)16-24-22(23)25-18-7-6-10-20(15-18)28-19-8-4-3-5-9-19;/h3-10,15,17,21H,11-14,16H2,1-2H3,(H3,23,24,25);1H. The molecule has 6 nitrogen and oxygen atoms in total. The molecule has 2 aromatic rings. The average Bonchev–Trinajstić information content (AvgIpc) is 2.70. The SMILES string of the molecule is CC(C)C(CN=C(N)Nc1cccc(Oc2ccccc2)c1)N1CCOCC1.I. The molecule has 0 amide bonds. The predicted octanol–water partition coefficient (Wildman–Crippen LogP) is 4.18. The lowest BCUT2D eigenvalue weighted by Crippen LogP contribution is -2.47. The first-order chi connectivity index (χ1) is 13.6. The fraction of sp³-hybridized carbons (Fsp3) is 0.409. The van der Waals surface area contributed by atoms with E-state index in [1.165, 1.54) is 0 Å². The summed E-state index contributed by atoms with van der Waals surface area (Å²) >= 11 is 0. The van der Waals surface area contributed by atoms with E-state index in [9.17, 15) is 0 Å². The molecule has 0 radical (unpaired) electrons. The van der Waals surface area contributed by atoms with Gasteiger partial charge >= 0.3 is 0 Å². The molecule has 1 saturated heterocycles. The molecule has 3 N–H and O–H groups in total. The van der Waals surface area contributed by atoms with Gasteiger partial charge in [-0.25, -0.2) is 0 Å². The highest BCUT2D eigenvalue weighted by Gasteiger charge is 2.23. The maximum absolute atomic E-state index is 6.14. The summed E-state index contributed by atoms with van der Waals surface area (Å²) in [6, 6.07) is 17.8. The molecule has 7 heteroatoms. The van der Waals surface area contributed by atoms with Crippen molar-refractivity contribution < 1.29 is 9.47 Å². The predicted molar refractivity (Wildman–Crippen MR) is 130 cm³/mol. The molecule has 1 fully saturated rings. The maximum atomic E-state index is 6.14. The third-order valence-corrected chi connectivity index (χ3v) is 4.82. The van der Waals surface area contributed by atoms with E-state index in [1.54, 1.807) is 0 Å². The molecule has 1 aliphatic rings. The molecule has 1 atom stereocenters. The van der Waals surface area contributed by atoms with E-state index in [4.69, 9.17) is 15.2 Å². The van der Waals surface area contributed by atoms with Crippen LogP contribution in [0.15, 0.2) is 59.6 Å². The van der Waals surface area contributed by atoms with Crippen LogP contribution < -0.4 is 15.8 Å².